The molecule has 2 aliphatic rings. The Bertz CT molecular complexity index is 1010. The lowest BCUT2D eigenvalue weighted by Gasteiger charge is -2.32. The minimum Gasteiger partial charge on any atom is -0.399 e. The first-order valence-electron chi connectivity index (χ1n) is 11.4. The number of rotatable bonds is 6. The summed E-state index contributed by atoms with van der Waals surface area (Å²) in [5.41, 5.74) is 1.09. The molecule has 1 atom stereocenters. The van der Waals surface area contributed by atoms with E-state index in [1.54, 1.807) is 0 Å². The van der Waals surface area contributed by atoms with Crippen molar-refractivity contribution in [2.75, 3.05) is 6.54 Å². The zero-order valence-corrected chi connectivity index (χ0v) is 19.5. The van der Waals surface area contributed by atoms with Crippen LogP contribution in [0.4, 0.5) is 0 Å². The largest absolute Gasteiger partial charge is 0.495 e. The van der Waals surface area contributed by atoms with Crippen LogP contribution in [0.3, 0.4) is 0 Å². The average molecular weight is 421 g/mol. The van der Waals surface area contributed by atoms with Crippen LogP contribution in [-0.2, 0) is 9.31 Å². The molecule has 0 saturated carbocycles. The SMILES string of the molecule is CCCC(CC)CN1C(=O)c2cccc3c(B4OC(C)(C)C(C)(C)O4)ccc(c23)C1=O. The highest BCUT2D eigenvalue weighted by atomic mass is 16.7. The van der Waals surface area contributed by atoms with Crippen molar-refractivity contribution in [1.82, 2.24) is 4.90 Å². The Balaban J connectivity index is 1.77. The second kappa shape index (κ2) is 7.75. The van der Waals surface area contributed by atoms with Gasteiger partial charge in [-0.1, -0.05) is 44.9 Å². The lowest BCUT2D eigenvalue weighted by molar-refractivity contribution is 0.00578. The predicted octanol–water partition coefficient (Wildman–Crippen LogP) is 4.56. The fourth-order valence-corrected chi connectivity index (χ4v) is 4.60. The van der Waals surface area contributed by atoms with Gasteiger partial charge in [0.15, 0.2) is 0 Å². The minimum atomic E-state index is -0.549. The van der Waals surface area contributed by atoms with E-state index in [9.17, 15) is 9.59 Å². The van der Waals surface area contributed by atoms with Gasteiger partial charge in [-0.2, -0.15) is 0 Å². The van der Waals surface area contributed by atoms with Crippen LogP contribution in [-0.4, -0.2) is 41.6 Å². The molecule has 1 fully saturated rings. The minimum absolute atomic E-state index is 0.205. The van der Waals surface area contributed by atoms with E-state index in [1.165, 1.54) is 4.90 Å². The van der Waals surface area contributed by atoms with Crippen molar-refractivity contribution in [3.8, 4) is 0 Å². The Kier molecular flexibility index (Phi) is 5.51. The van der Waals surface area contributed by atoms with Gasteiger partial charge in [-0.05, 0) is 63.0 Å². The standard InChI is InChI=1S/C25H32BNO4/c1-7-10-16(8-2)15-27-22(28)18-12-9-11-17-20(14-13-19(21(17)18)23(27)29)26-30-24(3,4)25(5,6)31-26/h9,11-14,16H,7-8,10,15H2,1-6H3. The molecule has 0 bridgehead atoms. The number of nitrogens with zero attached hydrogens (tertiary/aromatic N) is 1. The van der Waals surface area contributed by atoms with Crippen LogP contribution < -0.4 is 5.46 Å². The molecule has 0 radical (unpaired) electrons. The van der Waals surface area contributed by atoms with Crippen molar-refractivity contribution in [3.63, 3.8) is 0 Å². The molecule has 2 heterocycles. The summed E-state index contributed by atoms with van der Waals surface area (Å²) >= 11 is 0. The third-order valence-electron chi connectivity index (χ3n) is 7.25. The molecule has 2 aromatic rings. The maximum absolute atomic E-state index is 13.4. The van der Waals surface area contributed by atoms with Gasteiger partial charge < -0.3 is 9.31 Å². The molecule has 2 aliphatic heterocycles. The second-order valence-corrected chi connectivity index (χ2v) is 9.80. The molecule has 4 rings (SSSR count). The van der Waals surface area contributed by atoms with Gasteiger partial charge in [0.25, 0.3) is 11.8 Å². The Morgan fingerprint density at radius 2 is 1.55 bits per heavy atom. The number of hydrogen-bond acceptors (Lipinski definition) is 4. The second-order valence-electron chi connectivity index (χ2n) is 9.80. The molecule has 1 unspecified atom stereocenters. The highest BCUT2D eigenvalue weighted by Gasteiger charge is 2.52. The van der Waals surface area contributed by atoms with E-state index in [2.05, 4.69) is 13.8 Å². The third kappa shape index (κ3) is 3.50. The molecule has 6 heteroatoms. The van der Waals surface area contributed by atoms with Gasteiger partial charge >= 0.3 is 7.12 Å². The predicted molar refractivity (Wildman–Crippen MR) is 124 cm³/mol. The number of imide groups is 1. The molecule has 0 spiro atoms. The average Bonchev–Trinajstić information content (AvgIpc) is 2.94. The van der Waals surface area contributed by atoms with Gasteiger partial charge in [0.1, 0.15) is 0 Å². The third-order valence-corrected chi connectivity index (χ3v) is 7.25. The Hall–Kier alpha value is -2.18. The van der Waals surface area contributed by atoms with Crippen molar-refractivity contribution in [2.24, 2.45) is 5.92 Å². The lowest BCUT2D eigenvalue weighted by atomic mass is 9.74. The molecule has 2 aromatic carbocycles. The lowest BCUT2D eigenvalue weighted by Crippen LogP contribution is -2.44. The first kappa shape index (κ1) is 22.0. The first-order valence-corrected chi connectivity index (χ1v) is 11.4. The first-order chi connectivity index (χ1) is 14.6. The molecule has 5 nitrogen and oxygen atoms in total. The zero-order valence-electron chi connectivity index (χ0n) is 19.5. The van der Waals surface area contributed by atoms with Crippen LogP contribution in [0.25, 0.3) is 10.8 Å². The summed E-state index contributed by atoms with van der Waals surface area (Å²) in [6.07, 6.45) is 2.99. The Morgan fingerprint density at radius 1 is 0.935 bits per heavy atom. The van der Waals surface area contributed by atoms with E-state index < -0.39 is 18.3 Å². The van der Waals surface area contributed by atoms with Crippen molar-refractivity contribution in [2.45, 2.75) is 72.0 Å². The Labute approximate surface area is 185 Å². The summed E-state index contributed by atoms with van der Waals surface area (Å²) in [5, 5.41) is 1.56. The fraction of sp³-hybridized carbons (Fsp3) is 0.520. The molecule has 0 N–H and O–H groups in total. The van der Waals surface area contributed by atoms with E-state index in [4.69, 9.17) is 9.31 Å². The number of amides is 2. The number of carbonyl (C=O) groups excluding carboxylic acids is 2. The molecular weight excluding hydrogens is 389 g/mol. The monoisotopic (exact) mass is 421 g/mol. The van der Waals surface area contributed by atoms with Crippen LogP contribution in [0, 0.1) is 5.92 Å². The summed E-state index contributed by atoms with van der Waals surface area (Å²) in [4.78, 5) is 28.1. The molecule has 2 amide bonds. The molecule has 0 aliphatic carbocycles. The van der Waals surface area contributed by atoms with Crippen molar-refractivity contribution in [3.05, 3.63) is 41.5 Å². The van der Waals surface area contributed by atoms with Crippen LogP contribution in [0.2, 0.25) is 0 Å². The normalized spacial score (nSPS) is 20.6. The molecule has 0 aromatic heterocycles. The van der Waals surface area contributed by atoms with E-state index in [0.717, 1.165) is 30.1 Å². The summed E-state index contributed by atoms with van der Waals surface area (Å²) in [6, 6.07) is 9.40. The Morgan fingerprint density at radius 3 is 2.13 bits per heavy atom. The topological polar surface area (TPSA) is 55.8 Å². The van der Waals surface area contributed by atoms with Gasteiger partial charge in [-0.25, -0.2) is 0 Å². The van der Waals surface area contributed by atoms with Crippen molar-refractivity contribution >= 4 is 35.2 Å². The summed E-state index contributed by atoms with van der Waals surface area (Å²) in [7, 11) is -0.549. The van der Waals surface area contributed by atoms with Crippen molar-refractivity contribution in [1.29, 1.82) is 0 Å². The number of hydrogen-bond donors (Lipinski definition) is 0. The van der Waals surface area contributed by atoms with Crippen LogP contribution in [0.15, 0.2) is 30.3 Å². The maximum Gasteiger partial charge on any atom is 0.495 e. The summed E-state index contributed by atoms with van der Waals surface area (Å²) in [6.45, 7) is 12.8. The fourth-order valence-electron chi connectivity index (χ4n) is 4.60. The van der Waals surface area contributed by atoms with Gasteiger partial charge in [-0.15, -0.1) is 0 Å². The smallest absolute Gasteiger partial charge is 0.399 e. The van der Waals surface area contributed by atoms with Crippen LogP contribution in [0.5, 0.6) is 0 Å². The van der Waals surface area contributed by atoms with Crippen LogP contribution in [0.1, 0.15) is 81.5 Å². The highest BCUT2D eigenvalue weighted by Crippen LogP contribution is 2.38. The van der Waals surface area contributed by atoms with Gasteiger partial charge in [0.2, 0.25) is 0 Å². The van der Waals surface area contributed by atoms with E-state index in [-0.39, 0.29) is 11.8 Å². The maximum atomic E-state index is 13.4. The quantitative estimate of drug-likeness (QED) is 0.507. The van der Waals surface area contributed by atoms with E-state index >= 15 is 0 Å². The van der Waals surface area contributed by atoms with E-state index in [1.807, 2.05) is 58.0 Å². The molecule has 1 saturated heterocycles. The van der Waals surface area contributed by atoms with Gasteiger partial charge in [0.05, 0.1) is 11.2 Å². The summed E-state index contributed by atoms with van der Waals surface area (Å²) in [5.74, 6) is -0.0879. The highest BCUT2D eigenvalue weighted by molar-refractivity contribution is 6.65. The van der Waals surface area contributed by atoms with Gasteiger partial charge in [-0.3, -0.25) is 14.5 Å². The van der Waals surface area contributed by atoms with Gasteiger partial charge in [0, 0.05) is 23.1 Å². The number of carbonyl (C=O) groups is 2. The molecule has 31 heavy (non-hydrogen) atoms. The summed E-state index contributed by atoms with van der Waals surface area (Å²) < 4.78 is 12.5. The zero-order chi connectivity index (χ0) is 22.6. The van der Waals surface area contributed by atoms with Crippen molar-refractivity contribution < 1.29 is 18.9 Å². The van der Waals surface area contributed by atoms with Crippen LogP contribution >= 0.6 is 0 Å². The molecular formula is C25H32BNO4. The molecule has 164 valence electrons. The van der Waals surface area contributed by atoms with E-state index in [0.29, 0.717) is 29.0 Å². The number of benzene rings is 2.